The highest BCUT2D eigenvalue weighted by Crippen LogP contribution is 2.22. The van der Waals surface area contributed by atoms with Crippen LogP contribution in [-0.4, -0.2) is 37.5 Å². The van der Waals surface area contributed by atoms with Gasteiger partial charge in [-0.2, -0.15) is 0 Å². The number of carboxylic acids is 1. The largest absolute Gasteiger partial charge is 0.478 e. The molecule has 0 aliphatic carbocycles. The Morgan fingerprint density at radius 2 is 2.12 bits per heavy atom. The van der Waals surface area contributed by atoms with E-state index in [9.17, 15) is 9.90 Å². The number of aliphatic hydroxyl groups is 1. The second-order valence-corrected chi connectivity index (χ2v) is 4.86. The summed E-state index contributed by atoms with van der Waals surface area (Å²) in [4.78, 5) is 18.8. The number of thioether (sulfide) groups is 1. The number of hydrogen-bond donors (Lipinski definition) is 2. The third kappa shape index (κ3) is 3.18. The zero-order valence-electron chi connectivity index (χ0n) is 9.34. The van der Waals surface area contributed by atoms with E-state index < -0.39 is 12.1 Å². The van der Waals surface area contributed by atoms with E-state index >= 15 is 0 Å². The molecule has 0 aliphatic rings. The smallest absolute Gasteiger partial charge is 0.339 e. The quantitative estimate of drug-likeness (QED) is 0.612. The van der Waals surface area contributed by atoms with E-state index in [2.05, 4.69) is 9.97 Å². The molecule has 0 aromatic carbocycles. The molecule has 2 unspecified atom stereocenters. The van der Waals surface area contributed by atoms with Gasteiger partial charge in [-0.05, 0) is 13.8 Å². The minimum absolute atomic E-state index is 0.0323. The minimum Gasteiger partial charge on any atom is -0.478 e. The predicted molar refractivity (Wildman–Crippen MR) is 60.7 cm³/mol. The van der Waals surface area contributed by atoms with Crippen LogP contribution in [0.3, 0.4) is 0 Å². The first kappa shape index (κ1) is 12.9. The van der Waals surface area contributed by atoms with Crippen LogP contribution in [-0.2, 0) is 0 Å². The van der Waals surface area contributed by atoms with Crippen molar-refractivity contribution in [2.45, 2.75) is 37.3 Å². The molecule has 0 fully saturated rings. The zero-order valence-corrected chi connectivity index (χ0v) is 10.2. The average molecular weight is 242 g/mol. The van der Waals surface area contributed by atoms with E-state index in [1.807, 2.05) is 6.92 Å². The molecule has 88 valence electrons. The van der Waals surface area contributed by atoms with Crippen LogP contribution in [0.1, 0.15) is 29.9 Å². The lowest BCUT2D eigenvalue weighted by molar-refractivity contribution is 0.0694. The monoisotopic (exact) mass is 242 g/mol. The third-order valence-electron chi connectivity index (χ3n) is 2.16. The molecule has 1 rings (SSSR count). The highest BCUT2D eigenvalue weighted by atomic mass is 32.2. The van der Waals surface area contributed by atoms with Crippen molar-refractivity contribution in [3.8, 4) is 0 Å². The second kappa shape index (κ2) is 5.27. The summed E-state index contributed by atoms with van der Waals surface area (Å²) in [5.74, 6) is -1.03. The summed E-state index contributed by atoms with van der Waals surface area (Å²) in [6.07, 6.45) is 0.829. The molecule has 1 aromatic heterocycles. The summed E-state index contributed by atoms with van der Waals surface area (Å²) in [7, 11) is 0. The van der Waals surface area contributed by atoms with Gasteiger partial charge in [0.05, 0.1) is 17.4 Å². The first-order valence-corrected chi connectivity index (χ1v) is 5.71. The summed E-state index contributed by atoms with van der Waals surface area (Å²) in [5.41, 5.74) is 0.539. The number of hydrogen-bond acceptors (Lipinski definition) is 5. The Kier molecular flexibility index (Phi) is 4.26. The molecule has 2 atom stereocenters. The van der Waals surface area contributed by atoms with Crippen LogP contribution in [0.25, 0.3) is 0 Å². The Hall–Kier alpha value is -1.14. The van der Waals surface area contributed by atoms with Gasteiger partial charge in [-0.25, -0.2) is 14.8 Å². The normalized spacial score (nSPS) is 14.5. The van der Waals surface area contributed by atoms with Gasteiger partial charge in [0.25, 0.3) is 0 Å². The Morgan fingerprint density at radius 3 is 2.56 bits per heavy atom. The molecular weight excluding hydrogens is 228 g/mol. The Labute approximate surface area is 97.9 Å². The predicted octanol–water partition coefficient (Wildman–Crippen LogP) is 1.34. The van der Waals surface area contributed by atoms with Gasteiger partial charge in [0.15, 0.2) is 5.16 Å². The molecule has 1 aromatic rings. The molecule has 0 aliphatic heterocycles. The lowest BCUT2D eigenvalue weighted by atomic mass is 10.2. The van der Waals surface area contributed by atoms with E-state index in [1.54, 1.807) is 13.8 Å². The second-order valence-electron chi connectivity index (χ2n) is 3.52. The summed E-state index contributed by atoms with van der Waals surface area (Å²) in [6, 6.07) is 0. The molecule has 0 amide bonds. The first-order chi connectivity index (χ1) is 7.41. The SMILES string of the molecule is Cc1nc(SC(C)C(C)O)ncc1C(=O)O. The topological polar surface area (TPSA) is 83.3 Å². The summed E-state index contributed by atoms with van der Waals surface area (Å²) in [5, 5.41) is 18.6. The molecule has 2 N–H and O–H groups in total. The Morgan fingerprint density at radius 1 is 1.50 bits per heavy atom. The lowest BCUT2D eigenvalue weighted by Gasteiger charge is -2.12. The van der Waals surface area contributed by atoms with Crippen LogP contribution in [0.5, 0.6) is 0 Å². The van der Waals surface area contributed by atoms with Gasteiger partial charge in [0.2, 0.25) is 0 Å². The van der Waals surface area contributed by atoms with Crippen molar-refractivity contribution >= 4 is 17.7 Å². The van der Waals surface area contributed by atoms with Gasteiger partial charge >= 0.3 is 5.97 Å². The van der Waals surface area contributed by atoms with Crippen molar-refractivity contribution in [3.05, 3.63) is 17.5 Å². The van der Waals surface area contributed by atoms with Crippen LogP contribution in [0.4, 0.5) is 0 Å². The maximum absolute atomic E-state index is 10.7. The van der Waals surface area contributed by atoms with Crippen LogP contribution in [0.15, 0.2) is 11.4 Å². The van der Waals surface area contributed by atoms with Gasteiger partial charge in [0.1, 0.15) is 0 Å². The molecule has 0 saturated heterocycles. The number of carbonyl (C=O) groups is 1. The minimum atomic E-state index is -1.03. The van der Waals surface area contributed by atoms with Crippen molar-refractivity contribution in [2.75, 3.05) is 0 Å². The maximum Gasteiger partial charge on any atom is 0.339 e. The number of aromatic carboxylic acids is 1. The zero-order chi connectivity index (χ0) is 12.3. The number of aromatic nitrogens is 2. The number of aryl methyl sites for hydroxylation is 1. The molecule has 0 bridgehead atoms. The number of carboxylic acid groups (broad SMARTS) is 1. The molecule has 6 heteroatoms. The van der Waals surface area contributed by atoms with Crippen molar-refractivity contribution in [1.29, 1.82) is 0 Å². The van der Waals surface area contributed by atoms with Crippen LogP contribution in [0.2, 0.25) is 0 Å². The highest BCUT2D eigenvalue weighted by Gasteiger charge is 2.14. The average Bonchev–Trinajstić information content (AvgIpc) is 2.16. The molecule has 0 saturated carbocycles. The maximum atomic E-state index is 10.7. The van der Waals surface area contributed by atoms with E-state index in [1.165, 1.54) is 18.0 Å². The molecule has 16 heavy (non-hydrogen) atoms. The van der Waals surface area contributed by atoms with Crippen molar-refractivity contribution < 1.29 is 15.0 Å². The lowest BCUT2D eigenvalue weighted by Crippen LogP contribution is -2.16. The van der Waals surface area contributed by atoms with Crippen LogP contribution < -0.4 is 0 Å². The fourth-order valence-corrected chi connectivity index (χ4v) is 1.81. The van der Waals surface area contributed by atoms with E-state index in [0.29, 0.717) is 10.9 Å². The van der Waals surface area contributed by atoms with E-state index in [-0.39, 0.29) is 10.8 Å². The van der Waals surface area contributed by atoms with Crippen molar-refractivity contribution in [1.82, 2.24) is 9.97 Å². The number of aliphatic hydroxyl groups excluding tert-OH is 1. The molecule has 0 radical (unpaired) electrons. The first-order valence-electron chi connectivity index (χ1n) is 4.83. The standard InChI is InChI=1S/C10H14N2O3S/c1-5-8(9(14)15)4-11-10(12-5)16-7(3)6(2)13/h4,6-7,13H,1-3H3,(H,14,15). The van der Waals surface area contributed by atoms with Crippen molar-refractivity contribution in [2.24, 2.45) is 0 Å². The van der Waals surface area contributed by atoms with Gasteiger partial charge in [-0.15, -0.1) is 0 Å². The summed E-state index contributed by atoms with van der Waals surface area (Å²) in [6.45, 7) is 5.18. The number of rotatable bonds is 4. The third-order valence-corrected chi connectivity index (χ3v) is 3.33. The number of nitrogens with zero attached hydrogens (tertiary/aromatic N) is 2. The molecular formula is C10H14N2O3S. The van der Waals surface area contributed by atoms with E-state index in [4.69, 9.17) is 5.11 Å². The summed E-state index contributed by atoms with van der Waals surface area (Å²) < 4.78 is 0. The Bertz CT molecular complexity index is 396. The molecule has 0 spiro atoms. The fraction of sp³-hybridized carbons (Fsp3) is 0.500. The molecule has 5 nitrogen and oxygen atoms in total. The van der Waals surface area contributed by atoms with E-state index in [0.717, 1.165) is 0 Å². The van der Waals surface area contributed by atoms with Crippen LogP contribution in [0, 0.1) is 6.92 Å². The summed E-state index contributed by atoms with van der Waals surface area (Å²) >= 11 is 1.32. The van der Waals surface area contributed by atoms with Gasteiger partial charge < -0.3 is 10.2 Å². The fourth-order valence-electron chi connectivity index (χ4n) is 0.977. The Balaban J connectivity index is 2.85. The van der Waals surface area contributed by atoms with Gasteiger partial charge in [0, 0.05) is 11.4 Å². The van der Waals surface area contributed by atoms with Crippen LogP contribution >= 0.6 is 11.8 Å². The van der Waals surface area contributed by atoms with Crippen molar-refractivity contribution in [3.63, 3.8) is 0 Å². The molecule has 1 heterocycles. The highest BCUT2D eigenvalue weighted by molar-refractivity contribution is 7.99. The van der Waals surface area contributed by atoms with Gasteiger partial charge in [-0.1, -0.05) is 18.7 Å². The van der Waals surface area contributed by atoms with Gasteiger partial charge in [-0.3, -0.25) is 0 Å².